The Morgan fingerprint density at radius 2 is 1.93 bits per heavy atom. The minimum absolute atomic E-state index is 0.0855. The van der Waals surface area contributed by atoms with Gasteiger partial charge in [-0.3, -0.25) is 14.4 Å². The summed E-state index contributed by atoms with van der Waals surface area (Å²) in [5, 5.41) is 2.79. The molecule has 0 spiro atoms. The van der Waals surface area contributed by atoms with Crippen molar-refractivity contribution in [2.24, 2.45) is 0 Å². The van der Waals surface area contributed by atoms with Crippen molar-refractivity contribution in [2.45, 2.75) is 18.5 Å². The molecule has 8 heteroatoms. The van der Waals surface area contributed by atoms with E-state index in [1.54, 1.807) is 12.0 Å². The van der Waals surface area contributed by atoms with Gasteiger partial charge in [-0.25, -0.2) is 4.39 Å². The number of carbonyl (C=O) groups excluding carboxylic acids is 3. The third-order valence-electron chi connectivity index (χ3n) is 5.54. The van der Waals surface area contributed by atoms with E-state index >= 15 is 0 Å². The fraction of sp³-hybridized carbons (Fsp3) is 0.318. The number of nitrogens with zero attached hydrogens (tertiary/aromatic N) is 2. The Labute approximate surface area is 173 Å². The fourth-order valence-electron chi connectivity index (χ4n) is 3.93. The van der Waals surface area contributed by atoms with Crippen LogP contribution in [0.3, 0.4) is 0 Å². The molecule has 0 aliphatic carbocycles. The third kappa shape index (κ3) is 3.85. The molecule has 2 unspecified atom stereocenters. The smallest absolute Gasteiger partial charge is 0.254 e. The van der Waals surface area contributed by atoms with Gasteiger partial charge in [-0.2, -0.15) is 0 Å². The number of nitrogens with one attached hydrogen (secondary N) is 1. The van der Waals surface area contributed by atoms with E-state index in [1.165, 1.54) is 29.2 Å². The van der Waals surface area contributed by atoms with E-state index in [-0.39, 0.29) is 36.4 Å². The Balaban J connectivity index is 1.44. The van der Waals surface area contributed by atoms with Crippen molar-refractivity contribution >= 4 is 17.7 Å². The Morgan fingerprint density at radius 3 is 2.63 bits per heavy atom. The van der Waals surface area contributed by atoms with Gasteiger partial charge in [0, 0.05) is 25.1 Å². The molecule has 2 atom stereocenters. The van der Waals surface area contributed by atoms with Crippen LogP contribution in [0.25, 0.3) is 0 Å². The quantitative estimate of drug-likeness (QED) is 0.821. The van der Waals surface area contributed by atoms with Crippen LogP contribution in [-0.2, 0) is 16.0 Å². The van der Waals surface area contributed by atoms with E-state index in [0.717, 1.165) is 11.3 Å². The Kier molecular flexibility index (Phi) is 5.39. The zero-order valence-electron chi connectivity index (χ0n) is 16.5. The van der Waals surface area contributed by atoms with Gasteiger partial charge in [-0.15, -0.1) is 0 Å². The standard InChI is InChI=1S/C22H22FN3O4/c1-30-17-7-5-14(6-8-17)11-18-22(29)26-10-9-25(13-19(26)20(27)24-18)21(28)15-3-2-4-16(23)12-15/h2-8,12,18-19H,9-11,13H2,1H3,(H,24,27). The summed E-state index contributed by atoms with van der Waals surface area (Å²) in [6, 6.07) is 11.4. The molecule has 7 nitrogen and oxygen atoms in total. The number of hydrogen-bond acceptors (Lipinski definition) is 4. The van der Waals surface area contributed by atoms with Gasteiger partial charge in [0.2, 0.25) is 11.8 Å². The monoisotopic (exact) mass is 411 g/mol. The Morgan fingerprint density at radius 1 is 1.17 bits per heavy atom. The van der Waals surface area contributed by atoms with Crippen molar-refractivity contribution in [3.05, 3.63) is 65.5 Å². The maximum atomic E-state index is 13.4. The second-order valence-electron chi connectivity index (χ2n) is 7.42. The highest BCUT2D eigenvalue weighted by molar-refractivity contribution is 5.99. The predicted molar refractivity (Wildman–Crippen MR) is 106 cm³/mol. The molecule has 2 saturated heterocycles. The van der Waals surface area contributed by atoms with Crippen molar-refractivity contribution < 1.29 is 23.5 Å². The summed E-state index contributed by atoms with van der Waals surface area (Å²) in [4.78, 5) is 41.4. The predicted octanol–water partition coefficient (Wildman–Crippen LogP) is 1.23. The first-order chi connectivity index (χ1) is 14.5. The topological polar surface area (TPSA) is 79.0 Å². The highest BCUT2D eigenvalue weighted by Gasteiger charge is 2.44. The molecule has 2 aromatic rings. The molecule has 2 heterocycles. The minimum Gasteiger partial charge on any atom is -0.497 e. The van der Waals surface area contributed by atoms with Crippen LogP contribution in [0.15, 0.2) is 48.5 Å². The summed E-state index contributed by atoms with van der Waals surface area (Å²) >= 11 is 0. The van der Waals surface area contributed by atoms with Crippen LogP contribution in [0.2, 0.25) is 0 Å². The lowest BCUT2D eigenvalue weighted by Crippen LogP contribution is -2.70. The average molecular weight is 411 g/mol. The van der Waals surface area contributed by atoms with Crippen molar-refractivity contribution in [1.82, 2.24) is 15.1 Å². The molecule has 0 saturated carbocycles. The van der Waals surface area contributed by atoms with E-state index in [0.29, 0.717) is 13.0 Å². The number of hydrogen-bond donors (Lipinski definition) is 1. The molecular weight excluding hydrogens is 389 g/mol. The highest BCUT2D eigenvalue weighted by atomic mass is 19.1. The molecule has 3 amide bonds. The Bertz CT molecular complexity index is 979. The molecule has 4 rings (SSSR count). The van der Waals surface area contributed by atoms with Gasteiger partial charge in [0.15, 0.2) is 0 Å². The van der Waals surface area contributed by atoms with Gasteiger partial charge in [0.25, 0.3) is 5.91 Å². The first-order valence-electron chi connectivity index (χ1n) is 9.75. The zero-order chi connectivity index (χ0) is 21.3. The van der Waals surface area contributed by atoms with Crippen LogP contribution in [0, 0.1) is 5.82 Å². The molecule has 0 aromatic heterocycles. The van der Waals surface area contributed by atoms with E-state index in [2.05, 4.69) is 5.32 Å². The Hall–Kier alpha value is -3.42. The maximum absolute atomic E-state index is 13.4. The van der Waals surface area contributed by atoms with Gasteiger partial charge < -0.3 is 19.9 Å². The van der Waals surface area contributed by atoms with Crippen LogP contribution in [-0.4, -0.2) is 66.3 Å². The first kappa shape index (κ1) is 19.9. The maximum Gasteiger partial charge on any atom is 0.254 e. The number of methoxy groups -OCH3 is 1. The van der Waals surface area contributed by atoms with Crippen molar-refractivity contribution in [3.63, 3.8) is 0 Å². The van der Waals surface area contributed by atoms with Crippen LogP contribution in [0.5, 0.6) is 5.75 Å². The lowest BCUT2D eigenvalue weighted by molar-refractivity contribution is -0.152. The molecule has 30 heavy (non-hydrogen) atoms. The lowest BCUT2D eigenvalue weighted by atomic mass is 9.98. The third-order valence-corrected chi connectivity index (χ3v) is 5.54. The molecule has 0 radical (unpaired) electrons. The van der Waals surface area contributed by atoms with E-state index < -0.39 is 17.9 Å². The van der Waals surface area contributed by atoms with E-state index in [4.69, 9.17) is 4.74 Å². The number of benzene rings is 2. The van der Waals surface area contributed by atoms with Gasteiger partial charge in [-0.1, -0.05) is 18.2 Å². The fourth-order valence-corrected chi connectivity index (χ4v) is 3.93. The molecular formula is C22H22FN3O4. The number of amides is 3. The average Bonchev–Trinajstić information content (AvgIpc) is 2.77. The van der Waals surface area contributed by atoms with Crippen molar-refractivity contribution in [2.75, 3.05) is 26.7 Å². The molecule has 2 aromatic carbocycles. The summed E-state index contributed by atoms with van der Waals surface area (Å²) in [7, 11) is 1.58. The van der Waals surface area contributed by atoms with Crippen LogP contribution in [0.1, 0.15) is 15.9 Å². The number of fused-ring (bicyclic) bond motifs is 1. The zero-order valence-corrected chi connectivity index (χ0v) is 16.5. The molecule has 2 aliphatic rings. The van der Waals surface area contributed by atoms with Gasteiger partial charge in [0.1, 0.15) is 23.7 Å². The van der Waals surface area contributed by atoms with Crippen LogP contribution in [0.4, 0.5) is 4.39 Å². The highest BCUT2D eigenvalue weighted by Crippen LogP contribution is 2.21. The van der Waals surface area contributed by atoms with Gasteiger partial charge >= 0.3 is 0 Å². The van der Waals surface area contributed by atoms with Crippen LogP contribution >= 0.6 is 0 Å². The van der Waals surface area contributed by atoms with Gasteiger partial charge in [-0.05, 0) is 35.9 Å². The summed E-state index contributed by atoms with van der Waals surface area (Å²) in [5.41, 5.74) is 1.14. The summed E-state index contributed by atoms with van der Waals surface area (Å²) in [6.45, 7) is 0.638. The molecule has 2 aliphatic heterocycles. The van der Waals surface area contributed by atoms with Crippen molar-refractivity contribution in [1.29, 1.82) is 0 Å². The number of halogens is 1. The second kappa shape index (κ2) is 8.14. The number of rotatable bonds is 4. The lowest BCUT2D eigenvalue weighted by Gasteiger charge is -2.45. The number of ether oxygens (including phenoxy) is 1. The minimum atomic E-state index is -0.740. The summed E-state index contributed by atoms with van der Waals surface area (Å²) < 4.78 is 18.6. The van der Waals surface area contributed by atoms with E-state index in [9.17, 15) is 18.8 Å². The number of carbonyl (C=O) groups is 3. The summed E-state index contributed by atoms with van der Waals surface area (Å²) in [6.07, 6.45) is 0.379. The SMILES string of the molecule is COc1ccc(CC2NC(=O)C3CN(C(=O)c4cccc(F)c4)CCN3C2=O)cc1. The normalized spacial score (nSPS) is 21.1. The molecule has 156 valence electrons. The summed E-state index contributed by atoms with van der Waals surface area (Å²) in [5.74, 6) is -0.573. The van der Waals surface area contributed by atoms with E-state index in [1.807, 2.05) is 24.3 Å². The first-order valence-corrected chi connectivity index (χ1v) is 9.75. The largest absolute Gasteiger partial charge is 0.497 e. The number of piperazine rings is 2. The molecule has 0 bridgehead atoms. The molecule has 1 N–H and O–H groups in total. The van der Waals surface area contributed by atoms with Crippen molar-refractivity contribution in [3.8, 4) is 5.75 Å². The molecule has 2 fully saturated rings. The van der Waals surface area contributed by atoms with Gasteiger partial charge in [0.05, 0.1) is 13.7 Å². The second-order valence-corrected chi connectivity index (χ2v) is 7.42. The van der Waals surface area contributed by atoms with Crippen LogP contribution < -0.4 is 10.1 Å².